The number of aliphatic hydroxyl groups is 1. The number of likely N-dealkylation sites (tertiary alicyclic amines) is 1. The van der Waals surface area contributed by atoms with E-state index in [2.05, 4.69) is 11.9 Å². The van der Waals surface area contributed by atoms with E-state index in [1.807, 2.05) is 0 Å². The molecule has 0 aromatic heterocycles. The Balaban J connectivity index is 2.05. The average molecular weight is 143 g/mol. The summed E-state index contributed by atoms with van der Waals surface area (Å²) in [4.78, 5) is 2.21. The molecule has 2 fully saturated rings. The summed E-state index contributed by atoms with van der Waals surface area (Å²) in [7, 11) is 2.06. The zero-order valence-corrected chi connectivity index (χ0v) is 6.16. The molecule has 0 aromatic carbocycles. The van der Waals surface area contributed by atoms with Crippen LogP contribution in [-0.4, -0.2) is 49.0 Å². The van der Waals surface area contributed by atoms with Gasteiger partial charge in [-0.25, -0.2) is 0 Å². The van der Waals surface area contributed by atoms with Crippen molar-refractivity contribution in [2.75, 3.05) is 26.7 Å². The van der Waals surface area contributed by atoms with Crippen molar-refractivity contribution in [2.45, 2.75) is 12.2 Å². The number of fused-ring (bicyclic) bond motifs is 1. The Bertz CT molecular complexity index is 140. The van der Waals surface area contributed by atoms with Gasteiger partial charge < -0.3 is 14.7 Å². The van der Waals surface area contributed by atoms with Crippen LogP contribution < -0.4 is 0 Å². The highest BCUT2D eigenvalue weighted by Gasteiger charge is 2.41. The molecule has 2 heterocycles. The van der Waals surface area contributed by atoms with Gasteiger partial charge in [-0.2, -0.15) is 0 Å². The highest BCUT2D eigenvalue weighted by Crippen LogP contribution is 2.27. The number of likely N-dealkylation sites (N-methyl/N-ethyl adjacent to an activating group) is 1. The number of hydrogen-bond donors (Lipinski definition) is 1. The molecule has 3 heteroatoms. The van der Waals surface area contributed by atoms with E-state index in [-0.39, 0.29) is 6.10 Å². The molecule has 2 rings (SSSR count). The lowest BCUT2D eigenvalue weighted by atomic mass is 10.0. The fourth-order valence-electron chi connectivity index (χ4n) is 1.89. The summed E-state index contributed by atoms with van der Waals surface area (Å²) in [5.74, 6) is 0.380. The van der Waals surface area contributed by atoms with Crippen LogP contribution in [0, 0.1) is 5.92 Å². The maximum Gasteiger partial charge on any atom is 0.0839 e. The Morgan fingerprint density at radius 2 is 2.30 bits per heavy atom. The molecule has 0 bridgehead atoms. The summed E-state index contributed by atoms with van der Waals surface area (Å²) < 4.78 is 5.37. The Labute approximate surface area is 60.6 Å². The van der Waals surface area contributed by atoms with Crippen molar-refractivity contribution in [1.29, 1.82) is 0 Å². The van der Waals surface area contributed by atoms with Gasteiger partial charge in [0.05, 0.1) is 18.8 Å². The van der Waals surface area contributed by atoms with E-state index in [4.69, 9.17) is 4.74 Å². The van der Waals surface area contributed by atoms with E-state index in [1.54, 1.807) is 0 Å². The molecule has 0 aromatic rings. The van der Waals surface area contributed by atoms with E-state index in [0.717, 1.165) is 13.1 Å². The predicted molar refractivity (Wildman–Crippen MR) is 36.7 cm³/mol. The molecule has 2 saturated heterocycles. The van der Waals surface area contributed by atoms with Crippen LogP contribution in [0.4, 0.5) is 0 Å². The molecule has 0 saturated carbocycles. The molecule has 0 spiro atoms. The van der Waals surface area contributed by atoms with Crippen LogP contribution in [0.3, 0.4) is 0 Å². The van der Waals surface area contributed by atoms with Crippen molar-refractivity contribution >= 4 is 0 Å². The highest BCUT2D eigenvalue weighted by molar-refractivity contribution is 4.92. The first-order valence-corrected chi connectivity index (χ1v) is 3.75. The van der Waals surface area contributed by atoms with Crippen molar-refractivity contribution < 1.29 is 9.84 Å². The fourth-order valence-corrected chi connectivity index (χ4v) is 1.89. The zero-order valence-electron chi connectivity index (χ0n) is 6.16. The summed E-state index contributed by atoms with van der Waals surface area (Å²) >= 11 is 0. The predicted octanol–water partition coefficient (Wildman–Crippen LogP) is -0.692. The van der Waals surface area contributed by atoms with Gasteiger partial charge in [-0.15, -0.1) is 0 Å². The molecule has 3 nitrogen and oxygen atoms in total. The Hall–Kier alpha value is -0.120. The topological polar surface area (TPSA) is 32.7 Å². The first-order chi connectivity index (χ1) is 4.77. The standard InChI is InChI=1S/C7H13NO2/c1-8-2-5-6(9)4-10-7(5)3-8/h5-7,9H,2-4H2,1H3/t5?,6?,7-/m1/s1. The van der Waals surface area contributed by atoms with Gasteiger partial charge in [-0.3, -0.25) is 0 Å². The lowest BCUT2D eigenvalue weighted by molar-refractivity contribution is 0.0777. The molecule has 58 valence electrons. The lowest BCUT2D eigenvalue weighted by Crippen LogP contribution is -2.23. The molecule has 0 radical (unpaired) electrons. The third-order valence-corrected chi connectivity index (χ3v) is 2.47. The quantitative estimate of drug-likeness (QED) is 0.487. The summed E-state index contributed by atoms with van der Waals surface area (Å²) in [6, 6.07) is 0. The van der Waals surface area contributed by atoms with Crippen molar-refractivity contribution in [1.82, 2.24) is 4.90 Å². The molecule has 2 unspecified atom stereocenters. The van der Waals surface area contributed by atoms with Crippen LogP contribution in [0.2, 0.25) is 0 Å². The third-order valence-electron chi connectivity index (χ3n) is 2.47. The first kappa shape index (κ1) is 6.58. The van der Waals surface area contributed by atoms with E-state index < -0.39 is 0 Å². The fraction of sp³-hybridized carbons (Fsp3) is 1.00. The Morgan fingerprint density at radius 3 is 3.00 bits per heavy atom. The van der Waals surface area contributed by atoms with E-state index in [9.17, 15) is 5.11 Å². The minimum atomic E-state index is -0.213. The summed E-state index contributed by atoms with van der Waals surface area (Å²) in [5, 5.41) is 9.37. The van der Waals surface area contributed by atoms with Gasteiger partial charge in [0.15, 0.2) is 0 Å². The van der Waals surface area contributed by atoms with Crippen molar-refractivity contribution in [3.8, 4) is 0 Å². The molecular weight excluding hydrogens is 130 g/mol. The van der Waals surface area contributed by atoms with Crippen molar-refractivity contribution in [2.24, 2.45) is 5.92 Å². The van der Waals surface area contributed by atoms with Crippen LogP contribution >= 0.6 is 0 Å². The van der Waals surface area contributed by atoms with E-state index in [0.29, 0.717) is 18.6 Å². The molecule has 1 N–H and O–H groups in total. The maximum absolute atomic E-state index is 9.37. The van der Waals surface area contributed by atoms with Crippen LogP contribution in [0.15, 0.2) is 0 Å². The second-order valence-electron chi connectivity index (χ2n) is 3.32. The second kappa shape index (κ2) is 2.19. The molecule has 0 aliphatic carbocycles. The molecule has 0 amide bonds. The molecule has 3 atom stereocenters. The maximum atomic E-state index is 9.37. The van der Waals surface area contributed by atoms with E-state index in [1.165, 1.54) is 0 Å². The van der Waals surface area contributed by atoms with Gasteiger partial charge in [0.25, 0.3) is 0 Å². The Kier molecular flexibility index (Phi) is 1.44. The summed E-state index contributed by atoms with van der Waals surface area (Å²) in [5.41, 5.74) is 0. The molecular formula is C7H13NO2. The zero-order chi connectivity index (χ0) is 7.14. The van der Waals surface area contributed by atoms with Gasteiger partial charge >= 0.3 is 0 Å². The van der Waals surface area contributed by atoms with Gasteiger partial charge in [0.2, 0.25) is 0 Å². The van der Waals surface area contributed by atoms with Crippen molar-refractivity contribution in [3.63, 3.8) is 0 Å². The van der Waals surface area contributed by atoms with Gasteiger partial charge in [0, 0.05) is 19.0 Å². The van der Waals surface area contributed by atoms with Crippen LogP contribution in [0.5, 0.6) is 0 Å². The van der Waals surface area contributed by atoms with E-state index >= 15 is 0 Å². The van der Waals surface area contributed by atoms with Crippen molar-refractivity contribution in [3.05, 3.63) is 0 Å². The Morgan fingerprint density at radius 1 is 1.50 bits per heavy atom. The van der Waals surface area contributed by atoms with Gasteiger partial charge in [-0.05, 0) is 7.05 Å². The number of aliphatic hydroxyl groups excluding tert-OH is 1. The minimum absolute atomic E-state index is 0.213. The molecule has 2 aliphatic heterocycles. The number of rotatable bonds is 0. The monoisotopic (exact) mass is 143 g/mol. The lowest BCUT2D eigenvalue weighted by Gasteiger charge is -2.10. The normalized spacial score (nSPS) is 48.0. The smallest absolute Gasteiger partial charge is 0.0839 e. The summed E-state index contributed by atoms with van der Waals surface area (Å²) in [6.07, 6.45) is 0.0925. The van der Waals surface area contributed by atoms with Gasteiger partial charge in [0.1, 0.15) is 0 Å². The highest BCUT2D eigenvalue weighted by atomic mass is 16.5. The number of nitrogens with zero attached hydrogens (tertiary/aromatic N) is 1. The average Bonchev–Trinajstić information content (AvgIpc) is 2.35. The van der Waals surface area contributed by atoms with Crippen LogP contribution in [-0.2, 0) is 4.74 Å². The van der Waals surface area contributed by atoms with Gasteiger partial charge in [-0.1, -0.05) is 0 Å². The SMILES string of the molecule is CN1CC2C(O)CO[C@@H]2C1. The number of hydrogen-bond acceptors (Lipinski definition) is 3. The minimum Gasteiger partial charge on any atom is -0.390 e. The molecule has 10 heavy (non-hydrogen) atoms. The summed E-state index contributed by atoms with van der Waals surface area (Å²) in [6.45, 7) is 2.52. The molecule has 2 aliphatic rings. The van der Waals surface area contributed by atoms with Crippen LogP contribution in [0.25, 0.3) is 0 Å². The van der Waals surface area contributed by atoms with Crippen LogP contribution in [0.1, 0.15) is 0 Å². The first-order valence-electron chi connectivity index (χ1n) is 3.75. The number of ether oxygens (including phenoxy) is 1. The second-order valence-corrected chi connectivity index (χ2v) is 3.32. The third kappa shape index (κ3) is 0.856. The largest absolute Gasteiger partial charge is 0.390 e.